The van der Waals surface area contributed by atoms with Gasteiger partial charge in [0.05, 0.1) is 18.6 Å². The molecule has 0 spiro atoms. The molecule has 0 saturated heterocycles. The van der Waals surface area contributed by atoms with E-state index in [0.717, 1.165) is 22.6 Å². The number of hydrogen-bond donors (Lipinski definition) is 1. The molecule has 0 aliphatic heterocycles. The fourth-order valence-electron chi connectivity index (χ4n) is 3.43. The van der Waals surface area contributed by atoms with E-state index in [1.54, 1.807) is 7.11 Å². The lowest BCUT2D eigenvalue weighted by atomic mass is 10.0. The van der Waals surface area contributed by atoms with Crippen LogP contribution in [0.5, 0.6) is 5.75 Å². The number of rotatable bonds is 9. The third-order valence-electron chi connectivity index (χ3n) is 5.01. The van der Waals surface area contributed by atoms with E-state index in [1.165, 1.54) is 10.6 Å². The Hall–Kier alpha value is -2.71. The number of benzene rings is 1. The SMILES string of the molecule is CCN(CC)S(=O)(=O)CC1=CCC(Nc2cc(-c3ccccc3OC)ncn2)C=C1. The Morgan fingerprint density at radius 2 is 1.97 bits per heavy atom. The summed E-state index contributed by atoms with van der Waals surface area (Å²) in [5, 5.41) is 3.37. The van der Waals surface area contributed by atoms with Crippen molar-refractivity contribution in [3.63, 3.8) is 0 Å². The van der Waals surface area contributed by atoms with Crippen LogP contribution in [-0.2, 0) is 10.0 Å². The zero-order valence-electron chi connectivity index (χ0n) is 17.6. The van der Waals surface area contributed by atoms with Crippen molar-refractivity contribution in [2.45, 2.75) is 26.3 Å². The Balaban J connectivity index is 1.66. The van der Waals surface area contributed by atoms with Crippen molar-refractivity contribution in [3.05, 3.63) is 60.5 Å². The maximum atomic E-state index is 12.5. The molecule has 7 nitrogen and oxygen atoms in total. The van der Waals surface area contributed by atoms with Crippen molar-refractivity contribution in [1.29, 1.82) is 0 Å². The molecule has 0 fully saturated rings. The van der Waals surface area contributed by atoms with Crippen LogP contribution in [0.3, 0.4) is 0 Å². The Morgan fingerprint density at radius 3 is 2.63 bits per heavy atom. The van der Waals surface area contributed by atoms with Gasteiger partial charge < -0.3 is 10.1 Å². The molecule has 8 heteroatoms. The number of ether oxygens (including phenoxy) is 1. The van der Waals surface area contributed by atoms with Gasteiger partial charge >= 0.3 is 0 Å². The molecule has 1 N–H and O–H groups in total. The van der Waals surface area contributed by atoms with Crippen LogP contribution in [0.2, 0.25) is 0 Å². The van der Waals surface area contributed by atoms with E-state index in [-0.39, 0.29) is 11.8 Å². The number of para-hydroxylation sites is 1. The molecular weight excluding hydrogens is 400 g/mol. The highest BCUT2D eigenvalue weighted by Gasteiger charge is 2.21. The first kappa shape index (κ1) is 22.0. The molecule has 1 heterocycles. The molecule has 0 saturated carbocycles. The van der Waals surface area contributed by atoms with E-state index < -0.39 is 10.0 Å². The Kier molecular flexibility index (Phi) is 7.23. The molecule has 1 aliphatic carbocycles. The number of nitrogens with zero attached hydrogens (tertiary/aromatic N) is 3. The van der Waals surface area contributed by atoms with Gasteiger partial charge in [0, 0.05) is 30.8 Å². The first-order valence-electron chi connectivity index (χ1n) is 10.0. The lowest BCUT2D eigenvalue weighted by molar-refractivity contribution is 0.416. The molecular formula is C22H28N4O3S. The zero-order chi connectivity index (χ0) is 21.6. The number of allylic oxidation sites excluding steroid dienone is 1. The monoisotopic (exact) mass is 428 g/mol. The maximum Gasteiger partial charge on any atom is 0.218 e. The average molecular weight is 429 g/mol. The van der Waals surface area contributed by atoms with Crippen LogP contribution in [0.25, 0.3) is 11.3 Å². The largest absolute Gasteiger partial charge is 0.496 e. The van der Waals surface area contributed by atoms with E-state index in [4.69, 9.17) is 4.74 Å². The molecule has 1 atom stereocenters. The van der Waals surface area contributed by atoms with Gasteiger partial charge in [-0.1, -0.05) is 44.2 Å². The quantitative estimate of drug-likeness (QED) is 0.658. The van der Waals surface area contributed by atoms with Gasteiger partial charge in [-0.05, 0) is 24.1 Å². The van der Waals surface area contributed by atoms with Gasteiger partial charge in [-0.2, -0.15) is 0 Å². The van der Waals surface area contributed by atoms with Crippen LogP contribution in [0, 0.1) is 0 Å². The van der Waals surface area contributed by atoms with Crippen LogP contribution in [-0.4, -0.2) is 54.7 Å². The second-order valence-corrected chi connectivity index (χ2v) is 8.92. The lowest BCUT2D eigenvalue weighted by Crippen LogP contribution is -2.33. The molecule has 1 aliphatic rings. The summed E-state index contributed by atoms with van der Waals surface area (Å²) in [7, 11) is -1.65. The minimum absolute atomic E-state index is 0.0311. The number of aromatic nitrogens is 2. The Bertz CT molecular complexity index is 1030. The highest BCUT2D eigenvalue weighted by molar-refractivity contribution is 7.89. The van der Waals surface area contributed by atoms with Gasteiger partial charge in [-0.3, -0.25) is 0 Å². The molecule has 0 bridgehead atoms. The first-order chi connectivity index (χ1) is 14.5. The fraction of sp³-hybridized carbons (Fsp3) is 0.364. The van der Waals surface area contributed by atoms with Gasteiger partial charge in [0.1, 0.15) is 17.9 Å². The first-order valence-corrected chi connectivity index (χ1v) is 11.6. The molecule has 3 rings (SSSR count). The summed E-state index contributed by atoms with van der Waals surface area (Å²) in [6.45, 7) is 4.69. The summed E-state index contributed by atoms with van der Waals surface area (Å²) in [4.78, 5) is 8.68. The standard InChI is InChI=1S/C22H28N4O3S/c1-4-26(5-2)30(27,28)15-17-10-12-18(13-11-17)25-22-14-20(23-16-24-22)19-8-6-7-9-21(19)29-3/h6-12,14,16,18H,4-5,13,15H2,1-3H3,(H,23,24,25). The van der Waals surface area contributed by atoms with E-state index in [9.17, 15) is 8.42 Å². The van der Waals surface area contributed by atoms with Crippen molar-refractivity contribution in [3.8, 4) is 17.0 Å². The molecule has 0 amide bonds. The van der Waals surface area contributed by atoms with Crippen molar-refractivity contribution < 1.29 is 13.2 Å². The molecule has 0 radical (unpaired) electrons. The van der Waals surface area contributed by atoms with Crippen LogP contribution in [0.1, 0.15) is 20.3 Å². The predicted molar refractivity (Wildman–Crippen MR) is 120 cm³/mol. The zero-order valence-corrected chi connectivity index (χ0v) is 18.4. The fourth-order valence-corrected chi connectivity index (χ4v) is 5.03. The maximum absolute atomic E-state index is 12.5. The Morgan fingerprint density at radius 1 is 1.20 bits per heavy atom. The van der Waals surface area contributed by atoms with Gasteiger partial charge in [0.25, 0.3) is 0 Å². The summed E-state index contributed by atoms with van der Waals surface area (Å²) in [6.07, 6.45) is 8.05. The third kappa shape index (κ3) is 5.25. The average Bonchev–Trinajstić information content (AvgIpc) is 2.75. The van der Waals surface area contributed by atoms with E-state index >= 15 is 0 Å². The third-order valence-corrected chi connectivity index (χ3v) is 7.01. The normalized spacial score (nSPS) is 16.4. The van der Waals surface area contributed by atoms with E-state index in [1.807, 2.05) is 62.4 Å². The number of anilines is 1. The van der Waals surface area contributed by atoms with E-state index in [2.05, 4.69) is 15.3 Å². The van der Waals surface area contributed by atoms with Crippen molar-refractivity contribution >= 4 is 15.8 Å². The van der Waals surface area contributed by atoms with Crippen LogP contribution in [0.4, 0.5) is 5.82 Å². The van der Waals surface area contributed by atoms with Crippen LogP contribution in [0.15, 0.2) is 60.5 Å². The summed E-state index contributed by atoms with van der Waals surface area (Å²) < 4.78 is 31.8. The Labute approximate surface area is 178 Å². The van der Waals surface area contributed by atoms with Crippen LogP contribution >= 0.6 is 0 Å². The van der Waals surface area contributed by atoms with Gasteiger partial charge in [0.2, 0.25) is 10.0 Å². The van der Waals surface area contributed by atoms with E-state index in [0.29, 0.717) is 25.3 Å². The highest BCUT2D eigenvalue weighted by Crippen LogP contribution is 2.29. The van der Waals surface area contributed by atoms with Gasteiger partial charge in [-0.25, -0.2) is 22.7 Å². The second-order valence-electron chi connectivity index (χ2n) is 6.95. The molecule has 1 aromatic carbocycles. The summed E-state index contributed by atoms with van der Waals surface area (Å²) in [5.74, 6) is 1.48. The molecule has 1 aromatic heterocycles. The molecule has 1 unspecified atom stereocenters. The minimum Gasteiger partial charge on any atom is -0.496 e. The number of methoxy groups -OCH3 is 1. The summed E-state index contributed by atoms with van der Waals surface area (Å²) in [6, 6.07) is 9.62. The topological polar surface area (TPSA) is 84.4 Å². The number of sulfonamides is 1. The number of nitrogens with one attached hydrogen (secondary N) is 1. The second kappa shape index (κ2) is 9.86. The lowest BCUT2D eigenvalue weighted by Gasteiger charge is -2.21. The molecule has 30 heavy (non-hydrogen) atoms. The molecule has 160 valence electrons. The molecule has 2 aromatic rings. The predicted octanol–water partition coefficient (Wildman–Crippen LogP) is 3.49. The van der Waals surface area contributed by atoms with Crippen molar-refractivity contribution in [1.82, 2.24) is 14.3 Å². The van der Waals surface area contributed by atoms with Crippen molar-refractivity contribution in [2.75, 3.05) is 31.3 Å². The highest BCUT2D eigenvalue weighted by atomic mass is 32.2. The number of hydrogen-bond acceptors (Lipinski definition) is 6. The van der Waals surface area contributed by atoms with Gasteiger partial charge in [0.15, 0.2) is 0 Å². The minimum atomic E-state index is -3.28. The smallest absolute Gasteiger partial charge is 0.218 e. The van der Waals surface area contributed by atoms with Gasteiger partial charge in [-0.15, -0.1) is 0 Å². The van der Waals surface area contributed by atoms with Crippen LogP contribution < -0.4 is 10.1 Å². The summed E-state index contributed by atoms with van der Waals surface area (Å²) in [5.41, 5.74) is 2.48. The summed E-state index contributed by atoms with van der Waals surface area (Å²) >= 11 is 0. The van der Waals surface area contributed by atoms with Crippen molar-refractivity contribution in [2.24, 2.45) is 0 Å².